The van der Waals surface area contributed by atoms with Crippen LogP contribution in [0.1, 0.15) is 17.3 Å². The fraction of sp³-hybridized carbons (Fsp3) is 0.176. The van der Waals surface area contributed by atoms with Crippen LogP contribution in [0.3, 0.4) is 0 Å². The van der Waals surface area contributed by atoms with Crippen molar-refractivity contribution < 1.29 is 27.4 Å². The number of imidazole rings is 1. The van der Waals surface area contributed by atoms with Gasteiger partial charge in [-0.2, -0.15) is 0 Å². The van der Waals surface area contributed by atoms with E-state index in [4.69, 9.17) is 4.74 Å². The number of esters is 1. The summed E-state index contributed by atoms with van der Waals surface area (Å²) in [5.74, 6) is -0.277. The Morgan fingerprint density at radius 3 is 2.52 bits per heavy atom. The molecule has 130 valence electrons. The molecule has 0 aliphatic carbocycles. The van der Waals surface area contributed by atoms with E-state index in [1.165, 1.54) is 24.3 Å². The fourth-order valence-corrected chi connectivity index (χ4v) is 2.30. The number of carbonyl (C=O) groups is 1. The van der Waals surface area contributed by atoms with E-state index in [1.807, 2.05) is 0 Å². The number of hydrogen-bond acceptors (Lipinski definition) is 4. The van der Waals surface area contributed by atoms with Crippen molar-refractivity contribution in [1.82, 2.24) is 9.97 Å². The average Bonchev–Trinajstić information content (AvgIpc) is 2.97. The number of aromatic amines is 1. The lowest BCUT2D eigenvalue weighted by Gasteiger charge is -2.08. The molecule has 8 heteroatoms. The van der Waals surface area contributed by atoms with Gasteiger partial charge in [-0.05, 0) is 49.4 Å². The largest absolute Gasteiger partial charge is 0.573 e. The minimum absolute atomic E-state index is 0.275. The number of carbonyl (C=O) groups excluding carboxylic acids is 1. The van der Waals surface area contributed by atoms with Crippen LogP contribution in [0.4, 0.5) is 13.2 Å². The van der Waals surface area contributed by atoms with Gasteiger partial charge < -0.3 is 14.5 Å². The van der Waals surface area contributed by atoms with E-state index in [0.717, 1.165) is 0 Å². The molecule has 0 amide bonds. The lowest BCUT2D eigenvalue weighted by Crippen LogP contribution is -2.16. The summed E-state index contributed by atoms with van der Waals surface area (Å²) in [5.41, 5.74) is 2.22. The standard InChI is InChI=1S/C17H13F3N2O3/c1-2-24-16(23)11-5-8-13-14(9-11)22-15(21-13)10-3-6-12(7-4-10)25-17(18,19)20/h3-9H,2H2,1H3,(H,21,22). The summed E-state index contributed by atoms with van der Waals surface area (Å²) in [5, 5.41) is 0. The number of alkyl halides is 3. The molecular weight excluding hydrogens is 337 g/mol. The molecule has 0 atom stereocenters. The van der Waals surface area contributed by atoms with Gasteiger partial charge in [0.15, 0.2) is 0 Å². The molecule has 25 heavy (non-hydrogen) atoms. The van der Waals surface area contributed by atoms with Crippen molar-refractivity contribution in [3.8, 4) is 17.1 Å². The molecule has 0 aliphatic heterocycles. The first-order valence-electron chi connectivity index (χ1n) is 7.39. The van der Waals surface area contributed by atoms with Crippen LogP contribution in [0.2, 0.25) is 0 Å². The van der Waals surface area contributed by atoms with Gasteiger partial charge in [-0.15, -0.1) is 13.2 Å². The van der Waals surface area contributed by atoms with Crippen LogP contribution in [0.25, 0.3) is 22.4 Å². The number of ether oxygens (including phenoxy) is 2. The molecule has 0 aliphatic rings. The smallest absolute Gasteiger partial charge is 0.462 e. The maximum atomic E-state index is 12.2. The number of rotatable bonds is 4. The van der Waals surface area contributed by atoms with Crippen LogP contribution >= 0.6 is 0 Å². The van der Waals surface area contributed by atoms with Crippen molar-refractivity contribution in [2.45, 2.75) is 13.3 Å². The highest BCUT2D eigenvalue weighted by Crippen LogP contribution is 2.26. The third kappa shape index (κ3) is 3.90. The van der Waals surface area contributed by atoms with E-state index in [1.54, 1.807) is 25.1 Å². The second kappa shape index (κ2) is 6.46. The Kier molecular flexibility index (Phi) is 4.35. The third-order valence-corrected chi connectivity index (χ3v) is 3.35. The molecule has 2 aromatic carbocycles. The monoisotopic (exact) mass is 350 g/mol. The first-order chi connectivity index (χ1) is 11.9. The van der Waals surface area contributed by atoms with Gasteiger partial charge in [0.2, 0.25) is 0 Å². The Labute approximate surface area is 140 Å². The van der Waals surface area contributed by atoms with Crippen molar-refractivity contribution >= 4 is 17.0 Å². The minimum Gasteiger partial charge on any atom is -0.462 e. The van der Waals surface area contributed by atoms with Gasteiger partial charge in [-0.25, -0.2) is 9.78 Å². The molecule has 0 saturated heterocycles. The summed E-state index contributed by atoms with van der Waals surface area (Å²) < 4.78 is 45.3. The number of nitrogens with zero attached hydrogens (tertiary/aromatic N) is 1. The van der Waals surface area contributed by atoms with E-state index in [0.29, 0.717) is 28.0 Å². The first kappa shape index (κ1) is 16.8. The van der Waals surface area contributed by atoms with Gasteiger partial charge in [0.25, 0.3) is 0 Å². The Morgan fingerprint density at radius 1 is 1.16 bits per heavy atom. The van der Waals surface area contributed by atoms with Crippen molar-refractivity contribution in [2.75, 3.05) is 6.61 Å². The zero-order chi connectivity index (χ0) is 18.0. The molecule has 0 bridgehead atoms. The van der Waals surface area contributed by atoms with Gasteiger partial charge in [0.05, 0.1) is 23.2 Å². The van der Waals surface area contributed by atoms with E-state index >= 15 is 0 Å². The Morgan fingerprint density at radius 2 is 1.88 bits per heavy atom. The quantitative estimate of drug-likeness (QED) is 0.713. The first-order valence-corrected chi connectivity index (χ1v) is 7.39. The number of hydrogen-bond donors (Lipinski definition) is 1. The van der Waals surface area contributed by atoms with E-state index in [2.05, 4.69) is 14.7 Å². The molecule has 0 saturated carbocycles. The predicted molar refractivity (Wildman–Crippen MR) is 84.2 cm³/mol. The highest BCUT2D eigenvalue weighted by Gasteiger charge is 2.31. The predicted octanol–water partition coefficient (Wildman–Crippen LogP) is 4.31. The molecule has 3 aromatic rings. The average molecular weight is 350 g/mol. The maximum absolute atomic E-state index is 12.2. The molecule has 1 N–H and O–H groups in total. The number of fused-ring (bicyclic) bond motifs is 1. The lowest BCUT2D eigenvalue weighted by atomic mass is 10.2. The number of halogens is 3. The molecule has 0 spiro atoms. The highest BCUT2D eigenvalue weighted by atomic mass is 19.4. The van der Waals surface area contributed by atoms with E-state index < -0.39 is 12.3 Å². The third-order valence-electron chi connectivity index (χ3n) is 3.35. The van der Waals surface area contributed by atoms with Gasteiger partial charge in [-0.1, -0.05) is 0 Å². The summed E-state index contributed by atoms with van der Waals surface area (Å²) in [6.07, 6.45) is -4.73. The van der Waals surface area contributed by atoms with Crippen LogP contribution in [0.5, 0.6) is 5.75 Å². The highest BCUT2D eigenvalue weighted by molar-refractivity contribution is 5.94. The Bertz CT molecular complexity index is 902. The number of benzene rings is 2. The van der Waals surface area contributed by atoms with Crippen molar-refractivity contribution in [3.05, 3.63) is 48.0 Å². The molecule has 5 nitrogen and oxygen atoms in total. The number of H-pyrrole nitrogens is 1. The van der Waals surface area contributed by atoms with Crippen molar-refractivity contribution in [1.29, 1.82) is 0 Å². The van der Waals surface area contributed by atoms with Crippen LogP contribution in [0, 0.1) is 0 Å². The number of nitrogens with one attached hydrogen (secondary N) is 1. The van der Waals surface area contributed by atoms with Crippen LogP contribution in [0.15, 0.2) is 42.5 Å². The Balaban J connectivity index is 1.87. The molecule has 0 radical (unpaired) electrons. The summed E-state index contributed by atoms with van der Waals surface area (Å²) in [6.45, 7) is 1.99. The van der Waals surface area contributed by atoms with Gasteiger partial charge in [0.1, 0.15) is 11.6 Å². The summed E-state index contributed by atoms with van der Waals surface area (Å²) in [6, 6.07) is 10.2. The van der Waals surface area contributed by atoms with Crippen molar-refractivity contribution in [2.24, 2.45) is 0 Å². The molecule has 3 rings (SSSR count). The second-order valence-corrected chi connectivity index (χ2v) is 5.11. The normalized spacial score (nSPS) is 11.5. The van der Waals surface area contributed by atoms with Gasteiger partial charge >= 0.3 is 12.3 Å². The molecule has 1 aromatic heterocycles. The fourth-order valence-electron chi connectivity index (χ4n) is 2.30. The van der Waals surface area contributed by atoms with E-state index in [-0.39, 0.29) is 12.4 Å². The summed E-state index contributed by atoms with van der Waals surface area (Å²) in [4.78, 5) is 19.2. The molecule has 1 heterocycles. The second-order valence-electron chi connectivity index (χ2n) is 5.11. The molecule has 0 unspecified atom stereocenters. The van der Waals surface area contributed by atoms with Gasteiger partial charge in [0, 0.05) is 5.56 Å². The van der Waals surface area contributed by atoms with Crippen molar-refractivity contribution in [3.63, 3.8) is 0 Å². The zero-order valence-electron chi connectivity index (χ0n) is 13.1. The topological polar surface area (TPSA) is 64.2 Å². The lowest BCUT2D eigenvalue weighted by molar-refractivity contribution is -0.274. The van der Waals surface area contributed by atoms with Crippen LogP contribution in [-0.4, -0.2) is 28.9 Å². The summed E-state index contributed by atoms with van der Waals surface area (Å²) in [7, 11) is 0. The zero-order valence-corrected chi connectivity index (χ0v) is 13.1. The number of aromatic nitrogens is 2. The SMILES string of the molecule is CCOC(=O)c1ccc2nc(-c3ccc(OC(F)(F)F)cc3)[nH]c2c1. The van der Waals surface area contributed by atoms with Crippen LogP contribution in [-0.2, 0) is 4.74 Å². The van der Waals surface area contributed by atoms with Gasteiger partial charge in [-0.3, -0.25) is 0 Å². The van der Waals surface area contributed by atoms with Crippen LogP contribution < -0.4 is 4.74 Å². The molecule has 0 fully saturated rings. The minimum atomic E-state index is -4.73. The van der Waals surface area contributed by atoms with E-state index in [9.17, 15) is 18.0 Å². The summed E-state index contributed by atoms with van der Waals surface area (Å²) >= 11 is 0. The maximum Gasteiger partial charge on any atom is 0.573 e. The Hall–Kier alpha value is -3.03. The molecular formula is C17H13F3N2O3.